The van der Waals surface area contributed by atoms with Crippen LogP contribution in [0, 0.1) is 11.7 Å². The van der Waals surface area contributed by atoms with Gasteiger partial charge < -0.3 is 0 Å². The second-order valence-corrected chi connectivity index (χ2v) is 8.73. The smallest absolute Gasteiger partial charge is 0.158 e. The van der Waals surface area contributed by atoms with E-state index in [1.165, 1.54) is 13.0 Å². The number of allylic oxidation sites excluding steroid dienone is 4. The first-order valence-corrected chi connectivity index (χ1v) is 11.3. The van der Waals surface area contributed by atoms with Crippen molar-refractivity contribution in [3.8, 4) is 0 Å². The standard InChI is InChI=1S/C26H26FN3O2S/c1-4-19(24(32)16-29-28-15-17(2)31)13-14-23-18(3)33-25-12-8-6-10-21(25)26(30-23)20-9-5-7-11-22(20)27/h4-14,19,28-29H,1,15-16H2,2-3H3. The topological polar surface area (TPSA) is 70.6 Å². The number of nitrogens with zero attached hydrogens (tertiary/aromatic N) is 1. The van der Waals surface area contributed by atoms with Gasteiger partial charge in [0.1, 0.15) is 11.6 Å². The molecule has 2 aromatic carbocycles. The molecule has 1 atom stereocenters. The number of benzene rings is 2. The normalized spacial score (nSPS) is 14.5. The third-order valence-electron chi connectivity index (χ3n) is 4.94. The van der Waals surface area contributed by atoms with E-state index in [-0.39, 0.29) is 30.5 Å². The van der Waals surface area contributed by atoms with Crippen LogP contribution in [0.15, 0.2) is 93.8 Å². The molecule has 0 fully saturated rings. The highest BCUT2D eigenvalue weighted by atomic mass is 32.2. The highest BCUT2D eigenvalue weighted by molar-refractivity contribution is 8.03. The first-order chi connectivity index (χ1) is 15.9. The van der Waals surface area contributed by atoms with Crippen LogP contribution in [0.4, 0.5) is 4.39 Å². The van der Waals surface area contributed by atoms with Crippen molar-refractivity contribution in [1.29, 1.82) is 0 Å². The van der Waals surface area contributed by atoms with E-state index in [2.05, 4.69) is 17.4 Å². The minimum atomic E-state index is -0.542. The van der Waals surface area contributed by atoms with Gasteiger partial charge in [-0.1, -0.05) is 54.2 Å². The van der Waals surface area contributed by atoms with Crippen LogP contribution in [0.3, 0.4) is 0 Å². The molecule has 0 aromatic heterocycles. The number of rotatable bonds is 10. The third-order valence-corrected chi connectivity index (χ3v) is 6.03. The summed E-state index contributed by atoms with van der Waals surface area (Å²) in [4.78, 5) is 30.3. The average Bonchev–Trinajstić information content (AvgIpc) is 2.93. The van der Waals surface area contributed by atoms with E-state index in [0.29, 0.717) is 17.0 Å². The van der Waals surface area contributed by atoms with Gasteiger partial charge in [-0.3, -0.25) is 15.0 Å². The summed E-state index contributed by atoms with van der Waals surface area (Å²) < 4.78 is 14.7. The Kier molecular flexibility index (Phi) is 8.65. The number of hydrogen-bond acceptors (Lipinski definition) is 6. The minimum Gasteiger partial charge on any atom is -0.299 e. The molecule has 33 heavy (non-hydrogen) atoms. The van der Waals surface area contributed by atoms with E-state index in [1.54, 1.807) is 48.2 Å². The van der Waals surface area contributed by atoms with Crippen LogP contribution < -0.4 is 10.9 Å². The Labute approximate surface area is 197 Å². The maximum Gasteiger partial charge on any atom is 0.158 e. The molecule has 2 aromatic rings. The van der Waals surface area contributed by atoms with E-state index < -0.39 is 5.92 Å². The number of halogens is 1. The molecule has 1 aliphatic rings. The zero-order valence-electron chi connectivity index (χ0n) is 18.6. The Balaban J connectivity index is 1.89. The van der Waals surface area contributed by atoms with Gasteiger partial charge in [0.15, 0.2) is 5.78 Å². The van der Waals surface area contributed by atoms with E-state index in [4.69, 9.17) is 4.99 Å². The molecular formula is C26H26FN3O2S. The fraction of sp³-hybridized carbons (Fsp3) is 0.192. The van der Waals surface area contributed by atoms with Gasteiger partial charge in [0, 0.05) is 20.9 Å². The van der Waals surface area contributed by atoms with Gasteiger partial charge in [-0.05, 0) is 38.1 Å². The molecule has 1 heterocycles. The second kappa shape index (κ2) is 11.7. The SMILES string of the molecule is C=CC(C=CC1=C(C)Sc2ccccc2C(c2ccccc2F)=N1)C(=O)CNNCC(C)=O. The van der Waals surface area contributed by atoms with Crippen LogP contribution in [-0.2, 0) is 9.59 Å². The number of carbonyl (C=O) groups is 2. The lowest BCUT2D eigenvalue weighted by Crippen LogP contribution is -2.40. The predicted molar refractivity (Wildman–Crippen MR) is 132 cm³/mol. The average molecular weight is 464 g/mol. The fourth-order valence-corrected chi connectivity index (χ4v) is 4.18. The summed E-state index contributed by atoms with van der Waals surface area (Å²) in [6.45, 7) is 7.35. The molecule has 5 nitrogen and oxygen atoms in total. The van der Waals surface area contributed by atoms with E-state index in [0.717, 1.165) is 15.4 Å². The van der Waals surface area contributed by atoms with Crippen LogP contribution in [0.25, 0.3) is 0 Å². The lowest BCUT2D eigenvalue weighted by Gasteiger charge is -2.10. The zero-order chi connectivity index (χ0) is 23.8. The van der Waals surface area contributed by atoms with Gasteiger partial charge >= 0.3 is 0 Å². The van der Waals surface area contributed by atoms with Crippen molar-refractivity contribution >= 4 is 29.0 Å². The summed E-state index contributed by atoms with van der Waals surface area (Å²) in [6.07, 6.45) is 5.07. The zero-order valence-corrected chi connectivity index (χ0v) is 19.4. The quantitative estimate of drug-likeness (QED) is 0.306. The van der Waals surface area contributed by atoms with Crippen molar-refractivity contribution in [2.75, 3.05) is 13.1 Å². The Hall–Kier alpha value is -3.13. The molecule has 0 spiro atoms. The van der Waals surface area contributed by atoms with Gasteiger partial charge in [0.25, 0.3) is 0 Å². The van der Waals surface area contributed by atoms with Gasteiger partial charge in [-0.25, -0.2) is 14.8 Å². The van der Waals surface area contributed by atoms with Crippen molar-refractivity contribution in [3.05, 3.63) is 101 Å². The fourth-order valence-electron chi connectivity index (χ4n) is 3.21. The van der Waals surface area contributed by atoms with Crippen LogP contribution in [-0.4, -0.2) is 30.4 Å². The summed E-state index contributed by atoms with van der Waals surface area (Å²) >= 11 is 1.56. The molecule has 0 bridgehead atoms. The summed E-state index contributed by atoms with van der Waals surface area (Å²) in [5.74, 6) is -1.03. The molecule has 0 aliphatic carbocycles. The number of thioether (sulfide) groups is 1. The Morgan fingerprint density at radius 3 is 2.45 bits per heavy atom. The van der Waals surface area contributed by atoms with E-state index >= 15 is 0 Å². The number of nitrogens with one attached hydrogen (secondary N) is 2. The number of ketones is 2. The number of fused-ring (bicyclic) bond motifs is 1. The predicted octanol–water partition coefficient (Wildman–Crippen LogP) is 4.61. The Morgan fingerprint density at radius 2 is 1.76 bits per heavy atom. The number of hydrogen-bond donors (Lipinski definition) is 2. The van der Waals surface area contributed by atoms with Crippen LogP contribution in [0.2, 0.25) is 0 Å². The largest absolute Gasteiger partial charge is 0.299 e. The Bertz CT molecular complexity index is 1150. The molecule has 7 heteroatoms. The molecule has 3 rings (SSSR count). The van der Waals surface area contributed by atoms with E-state index in [9.17, 15) is 14.0 Å². The summed E-state index contributed by atoms with van der Waals surface area (Å²) in [7, 11) is 0. The minimum absolute atomic E-state index is 0.0343. The van der Waals surface area contributed by atoms with Crippen LogP contribution in [0.5, 0.6) is 0 Å². The molecule has 1 aliphatic heterocycles. The van der Waals surface area contributed by atoms with Crippen molar-refractivity contribution in [3.63, 3.8) is 0 Å². The monoisotopic (exact) mass is 463 g/mol. The molecule has 170 valence electrons. The number of carbonyl (C=O) groups excluding carboxylic acids is 2. The summed E-state index contributed by atoms with van der Waals surface area (Å²) in [5.41, 5.74) is 7.92. The van der Waals surface area contributed by atoms with Gasteiger partial charge in [0.2, 0.25) is 0 Å². The Morgan fingerprint density at radius 1 is 1.09 bits per heavy atom. The molecule has 0 radical (unpaired) electrons. The van der Waals surface area contributed by atoms with Crippen LogP contribution in [0.1, 0.15) is 25.0 Å². The van der Waals surface area contributed by atoms with Crippen molar-refractivity contribution < 1.29 is 14.0 Å². The molecule has 0 amide bonds. The van der Waals surface area contributed by atoms with Gasteiger partial charge in [-0.15, -0.1) is 6.58 Å². The molecular weight excluding hydrogens is 437 g/mol. The maximum atomic E-state index is 14.7. The number of hydrazine groups is 1. The lowest BCUT2D eigenvalue weighted by atomic mass is 10.0. The highest BCUT2D eigenvalue weighted by Gasteiger charge is 2.20. The first kappa shape index (κ1) is 24.5. The summed E-state index contributed by atoms with van der Waals surface area (Å²) in [6, 6.07) is 14.3. The first-order valence-electron chi connectivity index (χ1n) is 10.5. The maximum absolute atomic E-state index is 14.7. The van der Waals surface area contributed by atoms with Crippen LogP contribution >= 0.6 is 11.8 Å². The third kappa shape index (κ3) is 6.44. The van der Waals surface area contributed by atoms with Crippen molar-refractivity contribution in [2.45, 2.75) is 18.7 Å². The highest BCUT2D eigenvalue weighted by Crippen LogP contribution is 2.37. The molecule has 0 saturated carbocycles. The molecule has 1 unspecified atom stereocenters. The van der Waals surface area contributed by atoms with E-state index in [1.807, 2.05) is 31.2 Å². The van der Waals surface area contributed by atoms with Crippen molar-refractivity contribution in [2.24, 2.45) is 10.9 Å². The second-order valence-electron chi connectivity index (χ2n) is 7.48. The lowest BCUT2D eigenvalue weighted by molar-refractivity contribution is -0.120. The van der Waals surface area contributed by atoms with Gasteiger partial charge in [-0.2, -0.15) is 0 Å². The number of Topliss-reactive ketones (excluding diaryl/α,β-unsaturated/α-hetero) is 2. The number of aliphatic imine (C=N–C) groups is 1. The summed E-state index contributed by atoms with van der Waals surface area (Å²) in [5, 5.41) is 0. The van der Waals surface area contributed by atoms with Crippen molar-refractivity contribution in [1.82, 2.24) is 10.9 Å². The molecule has 2 N–H and O–H groups in total. The van der Waals surface area contributed by atoms with Gasteiger partial charge in [0.05, 0.1) is 30.4 Å². The molecule has 0 saturated heterocycles.